The van der Waals surface area contributed by atoms with E-state index < -0.39 is 0 Å². The third-order valence-electron chi connectivity index (χ3n) is 3.18. The Hall–Kier alpha value is -2.35. The fraction of sp³-hybridized carbons (Fsp3) is 0.167. The molecule has 99 valence electrons. The van der Waals surface area contributed by atoms with Crippen LogP contribution in [0.4, 0.5) is 0 Å². The molecule has 2 nitrogen and oxygen atoms in total. The molecule has 0 fully saturated rings. The van der Waals surface area contributed by atoms with Crippen LogP contribution in [0.15, 0.2) is 54.6 Å². The molecule has 0 amide bonds. The molecule has 0 saturated carbocycles. The number of pyridine rings is 1. The highest BCUT2D eigenvalue weighted by atomic mass is 16.5. The molecule has 3 rings (SSSR count). The lowest BCUT2D eigenvalue weighted by Gasteiger charge is -2.13. The van der Waals surface area contributed by atoms with Crippen LogP contribution in [-0.2, 0) is 0 Å². The zero-order valence-electron chi connectivity index (χ0n) is 11.5. The lowest BCUT2D eigenvalue weighted by Crippen LogP contribution is -1.99. The van der Waals surface area contributed by atoms with E-state index in [2.05, 4.69) is 30.2 Å². The average molecular weight is 262 g/mol. The number of fused-ring (bicyclic) bond motifs is 1. The number of ether oxygens (including phenoxy) is 1. The first-order valence-corrected chi connectivity index (χ1v) is 6.89. The van der Waals surface area contributed by atoms with Crippen LogP contribution in [0, 0.1) is 6.20 Å². The summed E-state index contributed by atoms with van der Waals surface area (Å²) in [4.78, 5) is 4.42. The smallest absolute Gasteiger partial charge is 0.138 e. The zero-order valence-corrected chi connectivity index (χ0v) is 11.5. The Labute approximate surface area is 119 Å². The molecule has 1 radical (unpaired) electrons. The second-order valence-corrected chi connectivity index (χ2v) is 4.66. The Morgan fingerprint density at radius 2 is 1.75 bits per heavy atom. The summed E-state index contributed by atoms with van der Waals surface area (Å²) in [6, 6.07) is 18.2. The van der Waals surface area contributed by atoms with Crippen LogP contribution >= 0.6 is 0 Å². The minimum absolute atomic E-state index is 0.696. The molecule has 3 aromatic rings. The second-order valence-electron chi connectivity index (χ2n) is 4.66. The summed E-state index contributed by atoms with van der Waals surface area (Å²) in [5.74, 6) is 0.878. The fourth-order valence-corrected chi connectivity index (χ4v) is 2.22. The van der Waals surface area contributed by atoms with Crippen LogP contribution in [-0.4, -0.2) is 11.6 Å². The first-order chi connectivity index (χ1) is 9.90. The van der Waals surface area contributed by atoms with E-state index in [0.717, 1.165) is 34.2 Å². The van der Waals surface area contributed by atoms with Gasteiger partial charge in [-0.3, -0.25) is 0 Å². The molecule has 0 N–H and O–H groups in total. The molecule has 0 bridgehead atoms. The quantitative estimate of drug-likeness (QED) is 0.691. The first kappa shape index (κ1) is 12.7. The largest absolute Gasteiger partial charge is 0.492 e. The summed E-state index contributed by atoms with van der Waals surface area (Å²) in [5, 5.41) is 1.04. The lowest BCUT2D eigenvalue weighted by atomic mass is 10.0. The van der Waals surface area contributed by atoms with E-state index in [9.17, 15) is 0 Å². The van der Waals surface area contributed by atoms with Gasteiger partial charge in [-0.2, -0.15) is 0 Å². The Balaban J connectivity index is 2.20. The Kier molecular flexibility index (Phi) is 3.64. The van der Waals surface area contributed by atoms with Crippen molar-refractivity contribution in [3.8, 4) is 16.9 Å². The third-order valence-corrected chi connectivity index (χ3v) is 3.18. The van der Waals surface area contributed by atoms with Gasteiger partial charge < -0.3 is 4.74 Å². The molecule has 0 aliphatic carbocycles. The standard InChI is InChI=1S/C18H16NO/c1-2-12-20-18-15-10-6-7-11-17(15)19-13-16(18)14-8-4-3-5-9-14/h3-11H,2,12H2,1H3. The Bertz CT molecular complexity index is 707. The minimum Gasteiger partial charge on any atom is -0.492 e. The minimum atomic E-state index is 0.696. The van der Waals surface area contributed by atoms with Crippen LogP contribution in [0.3, 0.4) is 0 Å². The van der Waals surface area contributed by atoms with E-state index >= 15 is 0 Å². The van der Waals surface area contributed by atoms with Gasteiger partial charge in [0, 0.05) is 5.39 Å². The van der Waals surface area contributed by atoms with Crippen LogP contribution in [0.1, 0.15) is 13.3 Å². The normalized spacial score (nSPS) is 10.7. The maximum absolute atomic E-state index is 5.98. The second kappa shape index (κ2) is 5.74. The molecule has 0 saturated heterocycles. The highest BCUT2D eigenvalue weighted by Gasteiger charge is 2.12. The number of aromatic nitrogens is 1. The van der Waals surface area contributed by atoms with Crippen molar-refractivity contribution in [2.24, 2.45) is 0 Å². The van der Waals surface area contributed by atoms with Gasteiger partial charge in [-0.25, -0.2) is 4.98 Å². The lowest BCUT2D eigenvalue weighted by molar-refractivity contribution is 0.322. The molecule has 2 aromatic carbocycles. The highest BCUT2D eigenvalue weighted by Crippen LogP contribution is 2.35. The average Bonchev–Trinajstić information content (AvgIpc) is 2.53. The zero-order chi connectivity index (χ0) is 13.8. The van der Waals surface area contributed by atoms with E-state index in [1.165, 1.54) is 0 Å². The van der Waals surface area contributed by atoms with Crippen molar-refractivity contribution in [3.05, 3.63) is 60.8 Å². The van der Waals surface area contributed by atoms with Crippen LogP contribution in [0.2, 0.25) is 0 Å². The molecule has 2 heteroatoms. The number of hydrogen-bond acceptors (Lipinski definition) is 2. The molecule has 0 aliphatic heterocycles. The summed E-state index contributed by atoms with van der Waals surface area (Å²) >= 11 is 0. The number of hydrogen-bond donors (Lipinski definition) is 0. The van der Waals surface area contributed by atoms with Crippen LogP contribution in [0.5, 0.6) is 5.75 Å². The van der Waals surface area contributed by atoms with Gasteiger partial charge in [0.15, 0.2) is 0 Å². The number of nitrogens with zero attached hydrogens (tertiary/aromatic N) is 1. The van der Waals surface area contributed by atoms with E-state index in [1.54, 1.807) is 0 Å². The molecule has 0 spiro atoms. The molecule has 0 unspecified atom stereocenters. The van der Waals surface area contributed by atoms with Gasteiger partial charge in [0.25, 0.3) is 0 Å². The van der Waals surface area contributed by atoms with Crippen molar-refractivity contribution in [3.63, 3.8) is 0 Å². The Morgan fingerprint density at radius 3 is 2.55 bits per heavy atom. The molecule has 20 heavy (non-hydrogen) atoms. The van der Waals surface area contributed by atoms with Gasteiger partial charge in [0.2, 0.25) is 0 Å². The van der Waals surface area contributed by atoms with Gasteiger partial charge in [0.1, 0.15) is 11.9 Å². The number of benzene rings is 2. The van der Waals surface area contributed by atoms with Gasteiger partial charge >= 0.3 is 0 Å². The van der Waals surface area contributed by atoms with Crippen molar-refractivity contribution < 1.29 is 4.74 Å². The summed E-state index contributed by atoms with van der Waals surface area (Å²) < 4.78 is 5.98. The summed E-state index contributed by atoms with van der Waals surface area (Å²) in [6.45, 7) is 2.80. The van der Waals surface area contributed by atoms with Gasteiger partial charge in [-0.1, -0.05) is 49.4 Å². The van der Waals surface area contributed by atoms with Crippen LogP contribution < -0.4 is 4.74 Å². The fourth-order valence-electron chi connectivity index (χ4n) is 2.22. The van der Waals surface area contributed by atoms with Gasteiger partial charge in [-0.05, 0) is 24.1 Å². The molecular weight excluding hydrogens is 246 g/mol. The van der Waals surface area contributed by atoms with E-state index in [-0.39, 0.29) is 0 Å². The summed E-state index contributed by atoms with van der Waals surface area (Å²) in [5.41, 5.74) is 2.92. The van der Waals surface area contributed by atoms with Crippen molar-refractivity contribution in [1.82, 2.24) is 4.98 Å². The van der Waals surface area contributed by atoms with E-state index in [0.29, 0.717) is 6.61 Å². The summed E-state index contributed by atoms with van der Waals surface area (Å²) in [6.07, 6.45) is 4.11. The van der Waals surface area contributed by atoms with Crippen molar-refractivity contribution in [2.75, 3.05) is 6.61 Å². The van der Waals surface area contributed by atoms with E-state index in [4.69, 9.17) is 4.74 Å². The van der Waals surface area contributed by atoms with E-state index in [1.807, 2.05) is 42.5 Å². The van der Waals surface area contributed by atoms with Crippen molar-refractivity contribution in [1.29, 1.82) is 0 Å². The van der Waals surface area contributed by atoms with Gasteiger partial charge in [0.05, 0.1) is 17.7 Å². The van der Waals surface area contributed by atoms with Crippen molar-refractivity contribution >= 4 is 10.9 Å². The molecule has 0 aliphatic rings. The topological polar surface area (TPSA) is 22.1 Å². The van der Waals surface area contributed by atoms with Gasteiger partial charge in [-0.15, -0.1) is 0 Å². The third kappa shape index (κ3) is 2.37. The molecule has 1 heterocycles. The van der Waals surface area contributed by atoms with Crippen LogP contribution in [0.25, 0.3) is 22.0 Å². The SMILES string of the molecule is CCCOc1c(-c2ccccc2)[c]nc2ccccc12. The molecular formula is C18H16NO. The Morgan fingerprint density at radius 1 is 1.00 bits per heavy atom. The predicted molar refractivity (Wildman–Crippen MR) is 81.8 cm³/mol. The predicted octanol–water partition coefficient (Wildman–Crippen LogP) is 4.49. The molecule has 0 atom stereocenters. The molecule has 1 aromatic heterocycles. The highest BCUT2D eigenvalue weighted by molar-refractivity contribution is 5.91. The summed E-state index contributed by atoms with van der Waals surface area (Å²) in [7, 11) is 0. The monoisotopic (exact) mass is 262 g/mol. The number of para-hydroxylation sites is 1. The maximum Gasteiger partial charge on any atom is 0.138 e. The first-order valence-electron chi connectivity index (χ1n) is 6.89. The van der Waals surface area contributed by atoms with Crippen molar-refractivity contribution in [2.45, 2.75) is 13.3 Å². The maximum atomic E-state index is 5.98. The number of rotatable bonds is 4.